The van der Waals surface area contributed by atoms with Crippen LogP contribution in [0.25, 0.3) is 11.0 Å². The van der Waals surface area contributed by atoms with Crippen molar-refractivity contribution in [3.05, 3.63) is 70.6 Å². The SMILES string of the molecule is O=C(C1CCCN1C(=O)c1ccccc1)N1CCC(n2c(=O)[nH]c3ccccc32)CC1. The van der Waals surface area contributed by atoms with Crippen molar-refractivity contribution >= 4 is 22.8 Å². The number of para-hydroxylation sites is 2. The van der Waals surface area contributed by atoms with Crippen LogP contribution in [0, 0.1) is 0 Å². The second-order valence-corrected chi connectivity index (χ2v) is 8.40. The van der Waals surface area contributed by atoms with Gasteiger partial charge in [0.25, 0.3) is 5.91 Å². The number of fused-ring (bicyclic) bond motifs is 1. The Labute approximate surface area is 180 Å². The second-order valence-electron chi connectivity index (χ2n) is 8.40. The molecule has 5 rings (SSSR count). The van der Waals surface area contributed by atoms with Crippen LogP contribution in [0.1, 0.15) is 42.1 Å². The smallest absolute Gasteiger partial charge is 0.326 e. The number of hydrogen-bond donors (Lipinski definition) is 1. The number of aromatic nitrogens is 2. The van der Waals surface area contributed by atoms with E-state index in [-0.39, 0.29) is 29.6 Å². The Balaban J connectivity index is 1.28. The Kier molecular flexibility index (Phi) is 5.10. The number of carbonyl (C=O) groups is 2. The minimum atomic E-state index is -0.389. The molecule has 2 fully saturated rings. The summed E-state index contributed by atoms with van der Waals surface area (Å²) in [6, 6.07) is 16.6. The number of benzene rings is 2. The first-order valence-electron chi connectivity index (χ1n) is 11.0. The minimum Gasteiger partial charge on any atom is -0.341 e. The number of nitrogens with one attached hydrogen (secondary N) is 1. The number of likely N-dealkylation sites (tertiary alicyclic amines) is 2. The van der Waals surface area contributed by atoms with Crippen LogP contribution in [0.5, 0.6) is 0 Å². The van der Waals surface area contributed by atoms with Crippen LogP contribution >= 0.6 is 0 Å². The summed E-state index contributed by atoms with van der Waals surface area (Å²) in [4.78, 5) is 45.2. The highest BCUT2D eigenvalue weighted by Crippen LogP contribution is 2.28. The van der Waals surface area contributed by atoms with Crippen molar-refractivity contribution in [3.8, 4) is 0 Å². The van der Waals surface area contributed by atoms with Crippen LogP contribution in [0.4, 0.5) is 0 Å². The number of piperidine rings is 1. The van der Waals surface area contributed by atoms with Gasteiger partial charge in [0.15, 0.2) is 0 Å². The molecule has 3 heterocycles. The quantitative estimate of drug-likeness (QED) is 0.710. The van der Waals surface area contributed by atoms with Crippen molar-refractivity contribution in [1.29, 1.82) is 0 Å². The predicted octanol–water partition coefficient (Wildman–Crippen LogP) is 2.80. The van der Waals surface area contributed by atoms with Gasteiger partial charge in [-0.3, -0.25) is 14.2 Å². The normalized spacial score (nSPS) is 19.8. The Hall–Kier alpha value is -3.35. The number of nitrogens with zero attached hydrogens (tertiary/aromatic N) is 3. The summed E-state index contributed by atoms with van der Waals surface area (Å²) in [7, 11) is 0. The summed E-state index contributed by atoms with van der Waals surface area (Å²) >= 11 is 0. The van der Waals surface area contributed by atoms with Gasteiger partial charge in [-0.25, -0.2) is 4.79 Å². The van der Waals surface area contributed by atoms with E-state index in [0.717, 1.165) is 30.3 Å². The number of amides is 2. The number of carbonyl (C=O) groups excluding carboxylic acids is 2. The third-order valence-electron chi connectivity index (χ3n) is 6.58. The highest BCUT2D eigenvalue weighted by molar-refractivity contribution is 5.98. The molecule has 2 aromatic carbocycles. The second kappa shape index (κ2) is 8.06. The molecule has 1 N–H and O–H groups in total. The zero-order valence-corrected chi connectivity index (χ0v) is 17.4. The predicted molar refractivity (Wildman–Crippen MR) is 118 cm³/mol. The number of imidazole rings is 1. The van der Waals surface area contributed by atoms with Crippen molar-refractivity contribution in [2.45, 2.75) is 37.8 Å². The van der Waals surface area contributed by atoms with E-state index in [4.69, 9.17) is 0 Å². The van der Waals surface area contributed by atoms with Gasteiger partial charge in [0.1, 0.15) is 6.04 Å². The topological polar surface area (TPSA) is 78.4 Å². The van der Waals surface area contributed by atoms with Gasteiger partial charge in [-0.2, -0.15) is 0 Å². The maximum absolute atomic E-state index is 13.3. The van der Waals surface area contributed by atoms with Gasteiger partial charge in [-0.1, -0.05) is 30.3 Å². The number of hydrogen-bond acceptors (Lipinski definition) is 3. The molecule has 0 saturated carbocycles. The Morgan fingerprint density at radius 2 is 1.58 bits per heavy atom. The minimum absolute atomic E-state index is 0.0338. The molecule has 1 aromatic heterocycles. The fraction of sp³-hybridized carbons (Fsp3) is 0.375. The van der Waals surface area contributed by atoms with E-state index in [0.29, 0.717) is 31.6 Å². The maximum Gasteiger partial charge on any atom is 0.326 e. The molecule has 0 spiro atoms. The van der Waals surface area contributed by atoms with Gasteiger partial charge in [-0.15, -0.1) is 0 Å². The molecule has 0 aliphatic carbocycles. The Morgan fingerprint density at radius 3 is 2.35 bits per heavy atom. The van der Waals surface area contributed by atoms with E-state index in [1.54, 1.807) is 17.0 Å². The maximum atomic E-state index is 13.3. The van der Waals surface area contributed by atoms with E-state index >= 15 is 0 Å². The largest absolute Gasteiger partial charge is 0.341 e. The van der Waals surface area contributed by atoms with Crippen LogP contribution in [0.3, 0.4) is 0 Å². The molecule has 2 amide bonds. The number of aromatic amines is 1. The molecular weight excluding hydrogens is 392 g/mol. The molecule has 7 heteroatoms. The van der Waals surface area contributed by atoms with Crippen molar-refractivity contribution in [1.82, 2.24) is 19.4 Å². The fourth-order valence-corrected chi connectivity index (χ4v) is 5.01. The monoisotopic (exact) mass is 418 g/mol. The van der Waals surface area contributed by atoms with Crippen LogP contribution in [-0.2, 0) is 4.79 Å². The summed E-state index contributed by atoms with van der Waals surface area (Å²) in [5.74, 6) is -0.0387. The van der Waals surface area contributed by atoms with E-state index in [2.05, 4.69) is 4.98 Å². The molecule has 2 aliphatic heterocycles. The lowest BCUT2D eigenvalue weighted by molar-refractivity contribution is -0.136. The van der Waals surface area contributed by atoms with Crippen LogP contribution in [0.15, 0.2) is 59.4 Å². The highest BCUT2D eigenvalue weighted by Gasteiger charge is 2.38. The van der Waals surface area contributed by atoms with Crippen LogP contribution in [-0.4, -0.2) is 56.8 Å². The van der Waals surface area contributed by atoms with Crippen molar-refractivity contribution < 1.29 is 9.59 Å². The Bertz CT molecular complexity index is 1160. The lowest BCUT2D eigenvalue weighted by atomic mass is 10.0. The first kappa shape index (κ1) is 19.6. The Morgan fingerprint density at radius 1 is 0.871 bits per heavy atom. The third-order valence-corrected chi connectivity index (χ3v) is 6.58. The van der Waals surface area contributed by atoms with Crippen molar-refractivity contribution in [2.24, 2.45) is 0 Å². The van der Waals surface area contributed by atoms with E-state index in [9.17, 15) is 14.4 Å². The first-order valence-corrected chi connectivity index (χ1v) is 11.0. The lowest BCUT2D eigenvalue weighted by Gasteiger charge is -2.36. The van der Waals surface area contributed by atoms with Crippen LogP contribution in [0.2, 0.25) is 0 Å². The molecule has 2 saturated heterocycles. The molecule has 7 nitrogen and oxygen atoms in total. The molecule has 0 bridgehead atoms. The van der Waals surface area contributed by atoms with Gasteiger partial charge in [0.05, 0.1) is 11.0 Å². The molecule has 3 aromatic rings. The summed E-state index contributed by atoms with van der Waals surface area (Å²) in [5.41, 5.74) is 2.28. The zero-order valence-electron chi connectivity index (χ0n) is 17.4. The van der Waals surface area contributed by atoms with E-state index in [1.807, 2.05) is 51.9 Å². The average molecular weight is 418 g/mol. The van der Waals surface area contributed by atoms with Gasteiger partial charge < -0.3 is 14.8 Å². The molecular formula is C24H26N4O3. The molecule has 160 valence electrons. The highest BCUT2D eigenvalue weighted by atomic mass is 16.2. The van der Waals surface area contributed by atoms with Crippen molar-refractivity contribution in [2.75, 3.05) is 19.6 Å². The number of H-pyrrole nitrogens is 1. The first-order chi connectivity index (χ1) is 15.1. The van der Waals surface area contributed by atoms with E-state index in [1.165, 1.54) is 0 Å². The molecule has 2 aliphatic rings. The average Bonchev–Trinajstić information content (AvgIpc) is 3.43. The van der Waals surface area contributed by atoms with Crippen LogP contribution < -0.4 is 5.69 Å². The molecule has 1 unspecified atom stereocenters. The zero-order chi connectivity index (χ0) is 21.4. The summed E-state index contributed by atoms with van der Waals surface area (Å²) in [6.07, 6.45) is 3.01. The standard InChI is InChI=1S/C24H26N4O3/c29-22(17-7-2-1-3-8-17)27-14-6-11-21(27)23(30)26-15-12-18(13-16-26)28-20-10-5-4-9-19(20)25-24(28)31/h1-5,7-10,18,21H,6,11-16H2,(H,25,31). The summed E-state index contributed by atoms with van der Waals surface area (Å²) in [6.45, 7) is 1.81. The molecule has 0 radical (unpaired) electrons. The van der Waals surface area contributed by atoms with Gasteiger partial charge >= 0.3 is 5.69 Å². The third kappa shape index (κ3) is 3.54. The number of rotatable bonds is 3. The summed E-state index contributed by atoms with van der Waals surface area (Å²) in [5, 5.41) is 0. The summed E-state index contributed by atoms with van der Waals surface area (Å²) < 4.78 is 1.83. The fourth-order valence-electron chi connectivity index (χ4n) is 5.01. The molecule has 1 atom stereocenters. The lowest BCUT2D eigenvalue weighted by Crippen LogP contribution is -2.50. The van der Waals surface area contributed by atoms with Gasteiger partial charge in [0, 0.05) is 31.2 Å². The molecule has 31 heavy (non-hydrogen) atoms. The van der Waals surface area contributed by atoms with Crippen molar-refractivity contribution in [3.63, 3.8) is 0 Å². The van der Waals surface area contributed by atoms with Gasteiger partial charge in [-0.05, 0) is 49.9 Å². The van der Waals surface area contributed by atoms with Gasteiger partial charge in [0.2, 0.25) is 5.91 Å². The van der Waals surface area contributed by atoms with E-state index < -0.39 is 0 Å².